The Morgan fingerprint density at radius 1 is 1.19 bits per heavy atom. The monoisotopic (exact) mass is 486 g/mol. The Bertz CT molecular complexity index is 922. The molecule has 11 heteroatoms. The molecule has 31 heavy (non-hydrogen) atoms. The van der Waals surface area contributed by atoms with Gasteiger partial charge < -0.3 is 20.3 Å². The van der Waals surface area contributed by atoms with E-state index in [0.29, 0.717) is 28.0 Å². The average Bonchev–Trinajstić information content (AvgIpc) is 3.17. The number of carbonyl (C=O) groups is 3. The lowest BCUT2D eigenvalue weighted by molar-refractivity contribution is -0.120. The van der Waals surface area contributed by atoms with Crippen LogP contribution < -0.4 is 10.6 Å². The standard InChI is InChI=1S/C20H24Cl2N4O4S/c1-3-6-23-17(27)10-14-12-31-20(24-14)25-18(28)11-26(7-8-30-2)19(29)13-4-5-15(21)16(22)9-13/h4-5,9,12H,3,6-8,10-11H2,1-2H3,(H,23,27)(H,24,25,28). The van der Waals surface area contributed by atoms with Crippen molar-refractivity contribution in [3.63, 3.8) is 0 Å². The number of benzene rings is 1. The third-order valence-corrected chi connectivity index (χ3v) is 5.61. The summed E-state index contributed by atoms with van der Waals surface area (Å²) in [5.41, 5.74) is 0.880. The van der Waals surface area contributed by atoms with Gasteiger partial charge in [-0.15, -0.1) is 11.3 Å². The molecule has 2 aromatic rings. The first kappa shape index (κ1) is 25.1. The molecular formula is C20H24Cl2N4O4S. The van der Waals surface area contributed by atoms with E-state index in [1.807, 2.05) is 6.92 Å². The van der Waals surface area contributed by atoms with Gasteiger partial charge in [0.05, 0.1) is 28.8 Å². The molecule has 0 fully saturated rings. The van der Waals surface area contributed by atoms with Gasteiger partial charge in [-0.05, 0) is 24.6 Å². The van der Waals surface area contributed by atoms with Crippen molar-refractivity contribution in [3.05, 3.63) is 44.9 Å². The van der Waals surface area contributed by atoms with Gasteiger partial charge in [0, 0.05) is 31.1 Å². The normalized spacial score (nSPS) is 10.6. The highest BCUT2D eigenvalue weighted by molar-refractivity contribution is 7.13. The molecule has 8 nitrogen and oxygen atoms in total. The van der Waals surface area contributed by atoms with E-state index in [4.69, 9.17) is 27.9 Å². The van der Waals surface area contributed by atoms with E-state index in [1.165, 1.54) is 35.5 Å². The third kappa shape index (κ3) is 8.10. The number of anilines is 1. The molecule has 1 aromatic carbocycles. The second-order valence-electron chi connectivity index (χ2n) is 6.57. The highest BCUT2D eigenvalue weighted by Gasteiger charge is 2.20. The Morgan fingerprint density at radius 2 is 1.97 bits per heavy atom. The fourth-order valence-electron chi connectivity index (χ4n) is 2.53. The summed E-state index contributed by atoms with van der Waals surface area (Å²) in [4.78, 5) is 42.8. The molecule has 1 aromatic heterocycles. The predicted octanol–water partition coefficient (Wildman–Crippen LogP) is 3.25. The second kappa shape index (κ2) is 12.6. The highest BCUT2D eigenvalue weighted by Crippen LogP contribution is 2.23. The highest BCUT2D eigenvalue weighted by atomic mass is 35.5. The minimum Gasteiger partial charge on any atom is -0.383 e. The molecule has 0 radical (unpaired) electrons. The van der Waals surface area contributed by atoms with Crippen LogP contribution in [0.5, 0.6) is 0 Å². The summed E-state index contributed by atoms with van der Waals surface area (Å²) >= 11 is 13.1. The van der Waals surface area contributed by atoms with Gasteiger partial charge in [0.25, 0.3) is 5.91 Å². The summed E-state index contributed by atoms with van der Waals surface area (Å²) < 4.78 is 5.05. The van der Waals surface area contributed by atoms with Gasteiger partial charge in [0.1, 0.15) is 6.54 Å². The van der Waals surface area contributed by atoms with Gasteiger partial charge in [0.15, 0.2) is 5.13 Å². The van der Waals surface area contributed by atoms with Gasteiger partial charge in [0.2, 0.25) is 11.8 Å². The molecule has 0 aliphatic carbocycles. The van der Waals surface area contributed by atoms with Crippen LogP contribution in [-0.4, -0.2) is 61.0 Å². The van der Waals surface area contributed by atoms with Crippen LogP contribution in [0, 0.1) is 0 Å². The Balaban J connectivity index is 2.00. The number of thiazole rings is 1. The summed E-state index contributed by atoms with van der Waals surface area (Å²) in [6.07, 6.45) is 0.993. The third-order valence-electron chi connectivity index (χ3n) is 4.07. The lowest BCUT2D eigenvalue weighted by Gasteiger charge is -2.22. The summed E-state index contributed by atoms with van der Waals surface area (Å²) in [5.74, 6) is -0.915. The number of halogens is 2. The van der Waals surface area contributed by atoms with E-state index < -0.39 is 5.91 Å². The van der Waals surface area contributed by atoms with Crippen molar-refractivity contribution in [2.24, 2.45) is 0 Å². The maximum Gasteiger partial charge on any atom is 0.254 e. The van der Waals surface area contributed by atoms with Crippen molar-refractivity contribution in [2.45, 2.75) is 19.8 Å². The first-order chi connectivity index (χ1) is 14.8. The SMILES string of the molecule is CCCNC(=O)Cc1csc(NC(=O)CN(CCOC)C(=O)c2ccc(Cl)c(Cl)c2)n1. The van der Waals surface area contributed by atoms with Crippen molar-refractivity contribution in [1.29, 1.82) is 0 Å². The fraction of sp³-hybridized carbons (Fsp3) is 0.400. The number of ether oxygens (including phenoxy) is 1. The van der Waals surface area contributed by atoms with E-state index in [1.54, 1.807) is 11.4 Å². The van der Waals surface area contributed by atoms with Crippen molar-refractivity contribution < 1.29 is 19.1 Å². The first-order valence-corrected chi connectivity index (χ1v) is 11.2. The maximum absolute atomic E-state index is 12.8. The lowest BCUT2D eigenvalue weighted by Crippen LogP contribution is -2.40. The molecule has 3 amide bonds. The molecule has 2 N–H and O–H groups in total. The zero-order chi connectivity index (χ0) is 22.8. The number of amides is 3. The number of aromatic nitrogens is 1. The Hall–Kier alpha value is -2.20. The van der Waals surface area contributed by atoms with Crippen molar-refractivity contribution in [3.8, 4) is 0 Å². The Morgan fingerprint density at radius 3 is 2.65 bits per heavy atom. The minimum atomic E-state index is -0.416. The molecular weight excluding hydrogens is 463 g/mol. The smallest absolute Gasteiger partial charge is 0.254 e. The predicted molar refractivity (Wildman–Crippen MR) is 122 cm³/mol. The number of nitrogens with zero attached hydrogens (tertiary/aromatic N) is 2. The number of hydrogen-bond donors (Lipinski definition) is 2. The number of rotatable bonds is 11. The quantitative estimate of drug-likeness (QED) is 0.507. The van der Waals surface area contributed by atoms with Crippen LogP contribution in [0.25, 0.3) is 0 Å². The summed E-state index contributed by atoms with van der Waals surface area (Å²) in [6, 6.07) is 4.53. The van der Waals surface area contributed by atoms with Crippen molar-refractivity contribution >= 4 is 57.4 Å². The molecule has 0 bridgehead atoms. The van der Waals surface area contributed by atoms with Gasteiger partial charge in [-0.1, -0.05) is 30.1 Å². The largest absolute Gasteiger partial charge is 0.383 e. The molecule has 0 atom stereocenters. The zero-order valence-electron chi connectivity index (χ0n) is 17.2. The van der Waals surface area contributed by atoms with E-state index in [9.17, 15) is 14.4 Å². The van der Waals surface area contributed by atoms with Crippen LogP contribution in [0.15, 0.2) is 23.6 Å². The fourth-order valence-corrected chi connectivity index (χ4v) is 3.56. The molecule has 0 saturated heterocycles. The van der Waals surface area contributed by atoms with Gasteiger partial charge >= 0.3 is 0 Å². The molecule has 0 unspecified atom stereocenters. The number of nitrogens with one attached hydrogen (secondary N) is 2. The first-order valence-electron chi connectivity index (χ1n) is 9.58. The van der Waals surface area contributed by atoms with Gasteiger partial charge in [-0.3, -0.25) is 14.4 Å². The van der Waals surface area contributed by atoms with Crippen LogP contribution in [0.2, 0.25) is 10.0 Å². The van der Waals surface area contributed by atoms with E-state index >= 15 is 0 Å². The number of carbonyl (C=O) groups excluding carboxylic acids is 3. The topological polar surface area (TPSA) is 101 Å². The van der Waals surface area contributed by atoms with E-state index in [2.05, 4.69) is 15.6 Å². The maximum atomic E-state index is 12.8. The Kier molecular flexibility index (Phi) is 10.2. The van der Waals surface area contributed by atoms with Gasteiger partial charge in [-0.2, -0.15) is 0 Å². The van der Waals surface area contributed by atoms with Crippen LogP contribution >= 0.6 is 34.5 Å². The van der Waals surface area contributed by atoms with Gasteiger partial charge in [-0.25, -0.2) is 4.98 Å². The molecule has 0 aliphatic heterocycles. The van der Waals surface area contributed by atoms with E-state index in [0.717, 1.165) is 6.42 Å². The van der Waals surface area contributed by atoms with Crippen LogP contribution in [0.4, 0.5) is 5.13 Å². The van der Waals surface area contributed by atoms with E-state index in [-0.39, 0.29) is 43.0 Å². The minimum absolute atomic E-state index is 0.122. The molecule has 0 aliphatic rings. The van der Waals surface area contributed by atoms with Crippen LogP contribution in [-0.2, 0) is 20.7 Å². The number of methoxy groups -OCH3 is 1. The van der Waals surface area contributed by atoms with Crippen molar-refractivity contribution in [2.75, 3.05) is 38.7 Å². The molecule has 2 rings (SSSR count). The lowest BCUT2D eigenvalue weighted by atomic mass is 10.2. The second-order valence-corrected chi connectivity index (χ2v) is 8.24. The molecule has 168 valence electrons. The molecule has 1 heterocycles. The van der Waals surface area contributed by atoms with Crippen molar-refractivity contribution in [1.82, 2.24) is 15.2 Å². The zero-order valence-corrected chi connectivity index (χ0v) is 19.6. The average molecular weight is 487 g/mol. The number of hydrogen-bond acceptors (Lipinski definition) is 6. The summed E-state index contributed by atoms with van der Waals surface area (Å²) in [7, 11) is 1.51. The Labute approximate surface area is 194 Å². The van der Waals surface area contributed by atoms with Crippen LogP contribution in [0.1, 0.15) is 29.4 Å². The summed E-state index contributed by atoms with van der Waals surface area (Å²) in [6.45, 7) is 2.85. The molecule has 0 spiro atoms. The van der Waals surface area contributed by atoms with Crippen LogP contribution in [0.3, 0.4) is 0 Å². The molecule has 0 saturated carbocycles. The summed E-state index contributed by atoms with van der Waals surface area (Å²) in [5, 5.41) is 8.10.